The predicted molar refractivity (Wildman–Crippen MR) is 84.7 cm³/mol. The second kappa shape index (κ2) is 6.53. The minimum atomic E-state index is 0.249. The Bertz CT molecular complexity index is 923. The highest BCUT2D eigenvalue weighted by molar-refractivity contribution is 7.99. The standard InChI is InChI=1S/C16H7ClN4OS/c17-13-6-2-3-10(7-13)15-20-21-16(22-15)23-14-11(8-18)4-1-5-12(14)9-19/h1-7H. The number of nitriles is 2. The van der Waals surface area contributed by atoms with Gasteiger partial charge in [0.1, 0.15) is 12.1 Å². The highest BCUT2D eigenvalue weighted by Crippen LogP contribution is 2.33. The van der Waals surface area contributed by atoms with Gasteiger partial charge in [0.2, 0.25) is 5.89 Å². The number of hydrogen-bond acceptors (Lipinski definition) is 6. The van der Waals surface area contributed by atoms with Crippen molar-refractivity contribution in [3.05, 3.63) is 58.6 Å². The maximum atomic E-state index is 9.18. The summed E-state index contributed by atoms with van der Waals surface area (Å²) in [5.41, 5.74) is 1.47. The van der Waals surface area contributed by atoms with Crippen molar-refractivity contribution in [2.24, 2.45) is 0 Å². The van der Waals surface area contributed by atoms with Gasteiger partial charge < -0.3 is 4.42 Å². The Kier molecular flexibility index (Phi) is 4.29. The molecule has 110 valence electrons. The lowest BCUT2D eigenvalue weighted by molar-refractivity contribution is 0.466. The number of halogens is 1. The molecule has 3 rings (SSSR count). The SMILES string of the molecule is N#Cc1cccc(C#N)c1Sc1nnc(-c2cccc(Cl)c2)o1. The maximum absolute atomic E-state index is 9.18. The Hall–Kier alpha value is -2.80. The van der Waals surface area contributed by atoms with Gasteiger partial charge in [0.25, 0.3) is 5.22 Å². The van der Waals surface area contributed by atoms with Crippen molar-refractivity contribution in [3.63, 3.8) is 0 Å². The summed E-state index contributed by atoms with van der Waals surface area (Å²) in [4.78, 5) is 0.499. The molecule has 0 aliphatic rings. The monoisotopic (exact) mass is 338 g/mol. The van der Waals surface area contributed by atoms with E-state index in [0.29, 0.717) is 32.5 Å². The Labute approximate surface area is 141 Å². The fourth-order valence-electron chi connectivity index (χ4n) is 1.90. The third kappa shape index (κ3) is 3.19. The molecule has 2 aromatic carbocycles. The second-order valence-electron chi connectivity index (χ2n) is 4.39. The first-order valence-corrected chi connectivity index (χ1v) is 7.61. The molecular weight excluding hydrogens is 332 g/mol. The number of aromatic nitrogens is 2. The van der Waals surface area contributed by atoms with E-state index in [1.165, 1.54) is 0 Å². The molecule has 0 spiro atoms. The maximum Gasteiger partial charge on any atom is 0.281 e. The van der Waals surface area contributed by atoms with E-state index in [9.17, 15) is 10.5 Å². The van der Waals surface area contributed by atoms with E-state index in [-0.39, 0.29) is 5.22 Å². The van der Waals surface area contributed by atoms with E-state index in [4.69, 9.17) is 16.0 Å². The summed E-state index contributed by atoms with van der Waals surface area (Å²) in [5, 5.41) is 27.1. The molecule has 0 aliphatic heterocycles. The quantitative estimate of drug-likeness (QED) is 0.708. The van der Waals surface area contributed by atoms with Crippen LogP contribution >= 0.6 is 23.4 Å². The number of benzene rings is 2. The molecule has 1 aromatic heterocycles. The average Bonchev–Trinajstić information content (AvgIpc) is 3.03. The van der Waals surface area contributed by atoms with Crippen LogP contribution in [0.5, 0.6) is 0 Å². The van der Waals surface area contributed by atoms with Crippen LogP contribution in [0.2, 0.25) is 5.02 Å². The molecule has 0 amide bonds. The Morgan fingerprint density at radius 1 is 1.00 bits per heavy atom. The van der Waals surface area contributed by atoms with Gasteiger partial charge in [-0.05, 0) is 42.1 Å². The summed E-state index contributed by atoms with van der Waals surface area (Å²) in [5.74, 6) is 0.322. The zero-order valence-corrected chi connectivity index (χ0v) is 13.1. The van der Waals surface area contributed by atoms with Crippen molar-refractivity contribution in [1.82, 2.24) is 10.2 Å². The molecule has 0 fully saturated rings. The lowest BCUT2D eigenvalue weighted by atomic mass is 10.1. The molecule has 23 heavy (non-hydrogen) atoms. The van der Waals surface area contributed by atoms with Crippen LogP contribution < -0.4 is 0 Å². The summed E-state index contributed by atoms with van der Waals surface area (Å²) in [6.45, 7) is 0. The largest absolute Gasteiger partial charge is 0.411 e. The number of hydrogen-bond donors (Lipinski definition) is 0. The average molecular weight is 339 g/mol. The molecule has 0 unspecified atom stereocenters. The van der Waals surface area contributed by atoms with Gasteiger partial charge in [-0.1, -0.05) is 23.7 Å². The van der Waals surface area contributed by atoms with Crippen molar-refractivity contribution in [3.8, 4) is 23.6 Å². The zero-order valence-electron chi connectivity index (χ0n) is 11.5. The van der Waals surface area contributed by atoms with Crippen LogP contribution in [0.1, 0.15) is 11.1 Å². The van der Waals surface area contributed by atoms with Crippen molar-refractivity contribution >= 4 is 23.4 Å². The van der Waals surface area contributed by atoms with Crippen LogP contribution in [0.25, 0.3) is 11.5 Å². The number of rotatable bonds is 3. The van der Waals surface area contributed by atoms with Crippen molar-refractivity contribution < 1.29 is 4.42 Å². The first-order valence-electron chi connectivity index (χ1n) is 6.42. The molecule has 1 heterocycles. The van der Waals surface area contributed by atoms with Gasteiger partial charge in [0, 0.05) is 10.6 Å². The van der Waals surface area contributed by atoms with E-state index in [1.54, 1.807) is 42.5 Å². The minimum Gasteiger partial charge on any atom is -0.411 e. The molecular formula is C16H7ClN4OS. The third-order valence-corrected chi connectivity index (χ3v) is 4.14. The smallest absolute Gasteiger partial charge is 0.281 e. The van der Waals surface area contributed by atoms with E-state index in [1.807, 2.05) is 0 Å². The Balaban J connectivity index is 1.95. The Morgan fingerprint density at radius 3 is 2.35 bits per heavy atom. The van der Waals surface area contributed by atoms with Crippen LogP contribution in [0.3, 0.4) is 0 Å². The second-order valence-corrected chi connectivity index (χ2v) is 5.79. The van der Waals surface area contributed by atoms with Crippen LogP contribution in [0.4, 0.5) is 0 Å². The summed E-state index contributed by atoms with van der Waals surface area (Å²) < 4.78 is 5.59. The summed E-state index contributed by atoms with van der Waals surface area (Å²) in [6.07, 6.45) is 0. The Morgan fingerprint density at radius 2 is 1.70 bits per heavy atom. The lowest BCUT2D eigenvalue weighted by Crippen LogP contribution is -1.87. The predicted octanol–water partition coefficient (Wildman–Crippen LogP) is 4.28. The molecule has 5 nitrogen and oxygen atoms in total. The molecule has 7 heteroatoms. The zero-order chi connectivity index (χ0) is 16.2. The molecule has 0 radical (unpaired) electrons. The van der Waals surface area contributed by atoms with Gasteiger partial charge in [-0.2, -0.15) is 10.5 Å². The number of nitrogens with zero attached hydrogens (tertiary/aromatic N) is 4. The van der Waals surface area contributed by atoms with Crippen LogP contribution in [0, 0.1) is 22.7 Å². The van der Waals surface area contributed by atoms with Gasteiger partial charge >= 0.3 is 0 Å². The first-order chi connectivity index (χ1) is 11.2. The molecule has 0 saturated heterocycles. The van der Waals surface area contributed by atoms with Crippen molar-refractivity contribution in [2.45, 2.75) is 10.1 Å². The van der Waals surface area contributed by atoms with E-state index in [0.717, 1.165) is 11.8 Å². The van der Waals surface area contributed by atoms with E-state index >= 15 is 0 Å². The molecule has 0 bridgehead atoms. The van der Waals surface area contributed by atoms with Crippen LogP contribution in [-0.4, -0.2) is 10.2 Å². The summed E-state index contributed by atoms with van der Waals surface area (Å²) in [7, 11) is 0. The molecule has 0 atom stereocenters. The molecule has 0 N–H and O–H groups in total. The van der Waals surface area contributed by atoms with Crippen molar-refractivity contribution in [1.29, 1.82) is 10.5 Å². The highest BCUT2D eigenvalue weighted by atomic mass is 35.5. The third-order valence-electron chi connectivity index (χ3n) is 2.92. The fraction of sp³-hybridized carbons (Fsp3) is 0. The summed E-state index contributed by atoms with van der Waals surface area (Å²) >= 11 is 7.03. The van der Waals surface area contributed by atoms with Crippen molar-refractivity contribution in [2.75, 3.05) is 0 Å². The van der Waals surface area contributed by atoms with Gasteiger partial charge in [0.05, 0.1) is 16.0 Å². The fourth-order valence-corrected chi connectivity index (χ4v) is 2.91. The molecule has 0 saturated carbocycles. The first kappa shape index (κ1) is 15.1. The van der Waals surface area contributed by atoms with Gasteiger partial charge in [-0.3, -0.25) is 0 Å². The van der Waals surface area contributed by atoms with E-state index in [2.05, 4.69) is 22.3 Å². The van der Waals surface area contributed by atoms with E-state index < -0.39 is 0 Å². The van der Waals surface area contributed by atoms with Gasteiger partial charge in [0.15, 0.2) is 0 Å². The molecule has 0 aliphatic carbocycles. The van der Waals surface area contributed by atoms with Crippen LogP contribution in [0.15, 0.2) is 57.0 Å². The summed E-state index contributed by atoms with van der Waals surface area (Å²) in [6, 6.07) is 16.1. The minimum absolute atomic E-state index is 0.249. The lowest BCUT2D eigenvalue weighted by Gasteiger charge is -2.02. The topological polar surface area (TPSA) is 86.5 Å². The van der Waals surface area contributed by atoms with Gasteiger partial charge in [-0.25, -0.2) is 0 Å². The highest BCUT2D eigenvalue weighted by Gasteiger charge is 2.15. The van der Waals surface area contributed by atoms with Gasteiger partial charge in [-0.15, -0.1) is 10.2 Å². The van der Waals surface area contributed by atoms with Crippen LogP contribution in [-0.2, 0) is 0 Å². The normalized spacial score (nSPS) is 10.0. The molecule has 3 aromatic rings.